The molecule has 1 aromatic heterocycles. The number of hydrogen-bond acceptors (Lipinski definition) is 2. The van der Waals surface area contributed by atoms with Crippen LogP contribution in [-0.2, 0) is 0 Å². The molecular weight excluding hydrogens is 279 g/mol. The van der Waals surface area contributed by atoms with Crippen LogP contribution in [0.1, 0.15) is 35.8 Å². The number of benzene rings is 1. The molecule has 0 saturated carbocycles. The second-order valence-corrected chi connectivity index (χ2v) is 5.11. The molecule has 0 atom stereocenters. The van der Waals surface area contributed by atoms with Crippen molar-refractivity contribution < 1.29 is 9.18 Å². The largest absolute Gasteiger partial charge is 0.322 e. The molecule has 2 aromatic rings. The lowest BCUT2D eigenvalue weighted by Gasteiger charge is -2.09. The average molecular weight is 293 g/mol. The Morgan fingerprint density at radius 3 is 2.70 bits per heavy atom. The Morgan fingerprint density at radius 1 is 1.30 bits per heavy atom. The minimum absolute atomic E-state index is 0.161. The molecule has 5 heteroatoms. The van der Waals surface area contributed by atoms with E-state index in [2.05, 4.69) is 10.3 Å². The fourth-order valence-electron chi connectivity index (χ4n) is 1.71. The minimum atomic E-state index is -0.404. The monoisotopic (exact) mass is 292 g/mol. The molecule has 1 aromatic carbocycles. The van der Waals surface area contributed by atoms with Gasteiger partial charge in [0.1, 0.15) is 11.0 Å². The van der Waals surface area contributed by atoms with Crippen LogP contribution in [-0.4, -0.2) is 10.9 Å². The van der Waals surface area contributed by atoms with E-state index in [-0.39, 0.29) is 17.0 Å². The molecule has 0 unspecified atom stereocenters. The van der Waals surface area contributed by atoms with Gasteiger partial charge in [0.25, 0.3) is 5.91 Å². The minimum Gasteiger partial charge on any atom is -0.322 e. The highest BCUT2D eigenvalue weighted by Crippen LogP contribution is 2.19. The maximum Gasteiger partial charge on any atom is 0.255 e. The van der Waals surface area contributed by atoms with Crippen molar-refractivity contribution in [2.45, 2.75) is 19.8 Å². The van der Waals surface area contributed by atoms with E-state index in [0.717, 1.165) is 5.69 Å². The highest BCUT2D eigenvalue weighted by molar-refractivity contribution is 6.29. The Morgan fingerprint density at radius 2 is 2.05 bits per heavy atom. The predicted octanol–water partition coefficient (Wildman–Crippen LogP) is 4.25. The van der Waals surface area contributed by atoms with Gasteiger partial charge >= 0.3 is 0 Å². The number of carbonyl (C=O) groups excluding carboxylic acids is 1. The molecule has 104 valence electrons. The SMILES string of the molecule is CC(C)c1cc(C(=O)Nc2cccc(F)c2)cc(Cl)n1. The Kier molecular flexibility index (Phi) is 4.35. The molecule has 1 N–H and O–H groups in total. The Labute approximate surface area is 121 Å². The number of nitrogens with zero attached hydrogens (tertiary/aromatic N) is 1. The molecule has 0 bridgehead atoms. The van der Waals surface area contributed by atoms with Crippen molar-refractivity contribution in [1.82, 2.24) is 4.98 Å². The van der Waals surface area contributed by atoms with Crippen LogP contribution in [0.4, 0.5) is 10.1 Å². The molecule has 0 fully saturated rings. The number of nitrogens with one attached hydrogen (secondary N) is 1. The molecule has 3 nitrogen and oxygen atoms in total. The molecule has 1 heterocycles. The van der Waals surface area contributed by atoms with Gasteiger partial charge in [0.2, 0.25) is 0 Å². The molecule has 0 aliphatic carbocycles. The van der Waals surface area contributed by atoms with Crippen molar-refractivity contribution in [3.05, 3.63) is 58.6 Å². The second-order valence-electron chi connectivity index (χ2n) is 4.72. The van der Waals surface area contributed by atoms with Crippen molar-refractivity contribution in [3.63, 3.8) is 0 Å². The van der Waals surface area contributed by atoms with Gasteiger partial charge < -0.3 is 5.32 Å². The van der Waals surface area contributed by atoms with E-state index in [0.29, 0.717) is 11.3 Å². The van der Waals surface area contributed by atoms with Crippen molar-refractivity contribution in [2.75, 3.05) is 5.32 Å². The van der Waals surface area contributed by atoms with Crippen LogP contribution in [0.5, 0.6) is 0 Å². The van der Waals surface area contributed by atoms with Gasteiger partial charge in [-0.05, 0) is 36.2 Å². The molecule has 0 aliphatic rings. The fourth-order valence-corrected chi connectivity index (χ4v) is 1.93. The van der Waals surface area contributed by atoms with E-state index >= 15 is 0 Å². The third-order valence-corrected chi connectivity index (χ3v) is 2.94. The molecule has 0 aliphatic heterocycles. The fraction of sp³-hybridized carbons (Fsp3) is 0.200. The van der Waals surface area contributed by atoms with Crippen molar-refractivity contribution in [2.24, 2.45) is 0 Å². The zero-order chi connectivity index (χ0) is 14.7. The quantitative estimate of drug-likeness (QED) is 0.859. The summed E-state index contributed by atoms with van der Waals surface area (Å²) < 4.78 is 13.1. The first kappa shape index (κ1) is 14.5. The number of halogens is 2. The molecule has 1 amide bonds. The Bertz CT molecular complexity index is 644. The summed E-state index contributed by atoms with van der Waals surface area (Å²) in [7, 11) is 0. The molecule has 2 rings (SSSR count). The summed E-state index contributed by atoms with van der Waals surface area (Å²) >= 11 is 5.92. The zero-order valence-electron chi connectivity index (χ0n) is 11.2. The van der Waals surface area contributed by atoms with E-state index in [9.17, 15) is 9.18 Å². The maximum atomic E-state index is 13.1. The van der Waals surface area contributed by atoms with E-state index < -0.39 is 5.82 Å². The van der Waals surface area contributed by atoms with Crippen molar-refractivity contribution in [1.29, 1.82) is 0 Å². The standard InChI is InChI=1S/C15H14ClFN2O/c1-9(2)13-6-10(7-14(16)19-13)15(20)18-12-5-3-4-11(17)8-12/h3-9H,1-2H3,(H,18,20). The molecule has 0 radical (unpaired) electrons. The number of amides is 1. The van der Waals surface area contributed by atoms with Crippen LogP contribution >= 0.6 is 11.6 Å². The number of aromatic nitrogens is 1. The average Bonchev–Trinajstić information content (AvgIpc) is 2.37. The zero-order valence-corrected chi connectivity index (χ0v) is 11.9. The number of rotatable bonds is 3. The predicted molar refractivity (Wildman–Crippen MR) is 77.7 cm³/mol. The number of hydrogen-bond donors (Lipinski definition) is 1. The van der Waals surface area contributed by atoms with Crippen LogP contribution in [0.15, 0.2) is 36.4 Å². The first-order valence-corrected chi connectivity index (χ1v) is 6.58. The van der Waals surface area contributed by atoms with Crippen LogP contribution in [0.2, 0.25) is 5.15 Å². The molecule has 0 saturated heterocycles. The van der Waals surface area contributed by atoms with E-state index in [1.165, 1.54) is 24.3 Å². The van der Waals surface area contributed by atoms with Crippen molar-refractivity contribution in [3.8, 4) is 0 Å². The maximum absolute atomic E-state index is 13.1. The van der Waals surface area contributed by atoms with Crippen LogP contribution in [0, 0.1) is 5.82 Å². The summed E-state index contributed by atoms with van der Waals surface area (Å²) in [5, 5.41) is 2.89. The number of pyridine rings is 1. The summed E-state index contributed by atoms with van der Waals surface area (Å²) in [5.74, 6) is -0.588. The number of carbonyl (C=O) groups is 1. The first-order chi connectivity index (χ1) is 9.45. The normalized spacial score (nSPS) is 10.7. The summed E-state index contributed by atoms with van der Waals surface area (Å²) in [5.41, 5.74) is 1.54. The van der Waals surface area contributed by atoms with Gasteiger partial charge in [-0.1, -0.05) is 31.5 Å². The summed E-state index contributed by atoms with van der Waals surface area (Å²) in [6.07, 6.45) is 0. The summed E-state index contributed by atoms with van der Waals surface area (Å²) in [6.45, 7) is 3.93. The van der Waals surface area contributed by atoms with Crippen LogP contribution in [0.3, 0.4) is 0 Å². The van der Waals surface area contributed by atoms with Gasteiger partial charge in [-0.2, -0.15) is 0 Å². The van der Waals surface area contributed by atoms with Gasteiger partial charge in [0, 0.05) is 16.9 Å². The third-order valence-electron chi connectivity index (χ3n) is 2.75. The smallest absolute Gasteiger partial charge is 0.255 e. The van der Waals surface area contributed by atoms with Gasteiger partial charge in [-0.15, -0.1) is 0 Å². The van der Waals surface area contributed by atoms with E-state index in [1.807, 2.05) is 13.8 Å². The van der Waals surface area contributed by atoms with Crippen molar-refractivity contribution >= 4 is 23.2 Å². The molecule has 0 spiro atoms. The Balaban J connectivity index is 2.25. The van der Waals surface area contributed by atoms with Crippen LogP contribution in [0.25, 0.3) is 0 Å². The lowest BCUT2D eigenvalue weighted by molar-refractivity contribution is 0.102. The summed E-state index contributed by atoms with van der Waals surface area (Å²) in [6, 6.07) is 8.89. The lowest BCUT2D eigenvalue weighted by atomic mass is 10.1. The van der Waals surface area contributed by atoms with Gasteiger partial charge in [0.05, 0.1) is 0 Å². The first-order valence-electron chi connectivity index (χ1n) is 6.20. The van der Waals surface area contributed by atoms with Gasteiger partial charge in [-0.25, -0.2) is 9.37 Å². The summed E-state index contributed by atoms with van der Waals surface area (Å²) in [4.78, 5) is 16.3. The molecular formula is C15H14ClFN2O. The highest BCUT2D eigenvalue weighted by Gasteiger charge is 2.11. The highest BCUT2D eigenvalue weighted by atomic mass is 35.5. The second kappa shape index (κ2) is 6.01. The van der Waals surface area contributed by atoms with Gasteiger partial charge in [-0.3, -0.25) is 4.79 Å². The molecule has 20 heavy (non-hydrogen) atoms. The van der Waals surface area contributed by atoms with E-state index in [4.69, 9.17) is 11.6 Å². The van der Waals surface area contributed by atoms with E-state index in [1.54, 1.807) is 12.1 Å². The third kappa shape index (κ3) is 3.54. The number of anilines is 1. The van der Waals surface area contributed by atoms with Gasteiger partial charge in [0.15, 0.2) is 0 Å². The topological polar surface area (TPSA) is 42.0 Å². The Hall–Kier alpha value is -1.94. The van der Waals surface area contributed by atoms with Crippen LogP contribution < -0.4 is 5.32 Å². The lowest BCUT2D eigenvalue weighted by Crippen LogP contribution is -2.13.